The van der Waals surface area contributed by atoms with E-state index in [2.05, 4.69) is 99.9 Å². The van der Waals surface area contributed by atoms with E-state index in [0.717, 1.165) is 56.3 Å². The first-order chi connectivity index (χ1) is 67.6. The number of nitrogens with one attached hydrogen (secondary N) is 10. The van der Waals surface area contributed by atoms with Gasteiger partial charge in [0.15, 0.2) is 52.6 Å². The molecule has 2 unspecified atom stereocenters. The number of methoxy groups -OCH3 is 2. The van der Waals surface area contributed by atoms with Gasteiger partial charge in [0.2, 0.25) is 35.5 Å². The van der Waals surface area contributed by atoms with E-state index in [1.807, 2.05) is 24.3 Å². The van der Waals surface area contributed by atoms with Crippen molar-refractivity contribution in [3.8, 4) is 34.1 Å². The van der Waals surface area contributed by atoms with Crippen LogP contribution in [0.4, 0.5) is 32.6 Å². The van der Waals surface area contributed by atoms with E-state index in [4.69, 9.17) is 66.2 Å². The molecular weight excluding hydrogens is 1880 g/mol. The van der Waals surface area contributed by atoms with E-state index in [0.29, 0.717) is 48.4 Å². The fourth-order valence-electron chi connectivity index (χ4n) is 16.6. The maximum atomic E-state index is 14.6. The van der Waals surface area contributed by atoms with Crippen molar-refractivity contribution in [3.63, 3.8) is 0 Å². The molecule has 0 spiro atoms. The largest absolute Gasteiger partial charge is 0.493 e. The Labute approximate surface area is 815 Å². The molecule has 5 aliphatic rings. The van der Waals surface area contributed by atoms with Crippen molar-refractivity contribution in [1.82, 2.24) is 76.8 Å². The van der Waals surface area contributed by atoms with Crippen LogP contribution in [0.25, 0.3) is 22.3 Å². The Morgan fingerprint density at radius 1 is 0.603 bits per heavy atom. The van der Waals surface area contributed by atoms with Gasteiger partial charge in [-0.2, -0.15) is 4.98 Å². The van der Waals surface area contributed by atoms with Crippen LogP contribution >= 0.6 is 21.6 Å². The second-order valence-corrected chi connectivity index (χ2v) is 36.3. The van der Waals surface area contributed by atoms with Gasteiger partial charge in [-0.25, -0.2) is 29.1 Å². The third kappa shape index (κ3) is 27.2. The van der Waals surface area contributed by atoms with Crippen molar-refractivity contribution in [2.45, 2.75) is 151 Å². The fraction of sp³-hybridized carbons (Fsp3) is 0.419. The molecule has 48 heteroatoms. The summed E-state index contributed by atoms with van der Waals surface area (Å²) in [5.41, 5.74) is 30.9. The number of amides is 10. The van der Waals surface area contributed by atoms with Crippen molar-refractivity contribution >= 4 is 139 Å². The van der Waals surface area contributed by atoms with Gasteiger partial charge in [-0.15, -0.1) is 0 Å². The molecule has 0 radical (unpaired) electrons. The lowest BCUT2D eigenvalue weighted by Gasteiger charge is -2.33. The predicted octanol–water partition coefficient (Wildman–Crippen LogP) is 3.99. The summed E-state index contributed by atoms with van der Waals surface area (Å²) in [5, 5.41) is 57.1. The van der Waals surface area contributed by atoms with E-state index in [9.17, 15) is 82.4 Å². The van der Waals surface area contributed by atoms with Gasteiger partial charge in [0.25, 0.3) is 23.3 Å². The molecule has 4 saturated heterocycles. The molecule has 10 atom stereocenters. The molecule has 5 aromatic carbocycles. The minimum Gasteiger partial charge on any atom is -0.493 e. The molecule has 2 aromatic heterocycles. The third-order valence-electron chi connectivity index (χ3n) is 23.7. The van der Waals surface area contributed by atoms with E-state index in [1.54, 1.807) is 11.0 Å². The van der Waals surface area contributed by atoms with Crippen molar-refractivity contribution < 1.29 is 116 Å². The number of likely N-dealkylation sites (tertiary alicyclic amines) is 2. The van der Waals surface area contributed by atoms with Crippen LogP contribution in [0.2, 0.25) is 0 Å². The van der Waals surface area contributed by atoms with Crippen LogP contribution in [0.3, 0.4) is 0 Å². The average molecular weight is 1990 g/mol. The second-order valence-electron chi connectivity index (χ2n) is 33.7. The Kier molecular flexibility index (Phi) is 36.3. The highest BCUT2D eigenvalue weighted by Gasteiger charge is 2.48. The summed E-state index contributed by atoms with van der Waals surface area (Å²) in [4.78, 5) is 208. The van der Waals surface area contributed by atoms with Gasteiger partial charge in [-0.05, 0) is 124 Å². The van der Waals surface area contributed by atoms with Crippen LogP contribution in [0.15, 0.2) is 132 Å². The summed E-state index contributed by atoms with van der Waals surface area (Å²) >= 11 is 0. The van der Waals surface area contributed by atoms with Gasteiger partial charge in [0.05, 0.1) is 102 Å². The molecule has 12 rings (SSSR count). The number of hydrogen-bond acceptors (Lipinski definition) is 32. The smallest absolute Gasteiger partial charge is 0.412 e. The number of anilines is 4. The summed E-state index contributed by atoms with van der Waals surface area (Å²) in [6.07, 6.45) is -1.37. The number of aliphatic carboxylic acids is 3. The minimum atomic E-state index is -1.91. The monoisotopic (exact) mass is 1990 g/mol. The lowest BCUT2D eigenvalue weighted by molar-refractivity contribution is -0.143. The minimum absolute atomic E-state index is 0.0251. The predicted molar refractivity (Wildman–Crippen MR) is 515 cm³/mol. The first-order valence-electron chi connectivity index (χ1n) is 45.2. The lowest BCUT2D eigenvalue weighted by Crippen LogP contribution is -2.58. The van der Waals surface area contributed by atoms with E-state index in [-0.39, 0.29) is 178 Å². The maximum Gasteiger partial charge on any atom is 0.412 e. The summed E-state index contributed by atoms with van der Waals surface area (Å²) in [7, 11) is 4.89. The van der Waals surface area contributed by atoms with Crippen LogP contribution in [0.5, 0.6) is 23.0 Å². The molecule has 4 fully saturated rings. The Hall–Kier alpha value is -15.2. The molecule has 46 nitrogen and oxygen atoms in total. The van der Waals surface area contributed by atoms with Gasteiger partial charge >= 0.3 is 30.1 Å². The standard InChI is InChI=1S/C93H113N21O25S2/c1-48-35-68(113(44-48)84(124)59-37-70(132-5)72(39-62(59)94)134-29-12-7-13-30-135-73-40-63(95)60(38-71(73)133-6)85(125)114-45-49(2)36-69(114)87-112(28-32-137-87)93(131)139-46-61-57-17-10-8-15-55(57)56-16-9-11-18-58(56)61)86-111(27-31-136-86)92(130)138-33-34-140-141-47-67(89(128)129)108-82(122)66(41-75(116)117)107-79(119)51(4)103-81(121)64(19-14-26-99-90(96)97)105-78(118)50(3)102-74(115)25-24-65(88(126)127)106-80(120)52-20-22-53(23-21-52)100-42-54-43-101-77-76(104-54)83(123)110-91(98)109-77/h8-11,15-18,20-23,37-40,43,50-51,61,64-69,86-87,100H,1-2,7,12-14,19,24-36,41-42,44-47,94-95H2,3-6H3,(H,102,115)(H,103,121)(H,105,118)(H,106,120)(H,107,119)(H,108,122)(H,116,117)(H,126,127)(H,128,129)(H4,96,97,99)(H3,98,101,109,110,123)/t50-,51-,64-,65-,66-,67-,68-,69-,86?,87?/m0/s1. The number of nitrogens with zero attached hydrogens (tertiary/aromatic N) is 7. The molecule has 6 heterocycles. The molecule has 7 aromatic rings. The van der Waals surface area contributed by atoms with E-state index in [1.165, 1.54) is 84.5 Å². The van der Waals surface area contributed by atoms with Crippen LogP contribution in [-0.2, 0) is 63.8 Å². The molecule has 10 amide bonds. The highest BCUT2D eigenvalue weighted by Crippen LogP contribution is 2.46. The summed E-state index contributed by atoms with van der Waals surface area (Å²) < 4.78 is 47.6. The zero-order valence-electron chi connectivity index (χ0n) is 77.6. The zero-order chi connectivity index (χ0) is 101. The van der Waals surface area contributed by atoms with Crippen LogP contribution < -0.4 is 90.0 Å². The number of carboxylic acids is 3. The highest BCUT2D eigenvalue weighted by atomic mass is 33.1. The Bertz CT molecular complexity index is 5890. The second kappa shape index (κ2) is 48.9. The molecule has 0 saturated carbocycles. The molecule has 4 aliphatic heterocycles. The number of aromatic nitrogens is 4. The molecule has 141 heavy (non-hydrogen) atoms. The Morgan fingerprint density at radius 3 is 1.70 bits per heavy atom. The number of unbranched alkanes of at least 4 members (excludes halogenated alkanes) is 2. The first-order valence-corrected chi connectivity index (χ1v) is 47.7. The number of hydrogen-bond donors (Lipinski definition) is 17. The van der Waals surface area contributed by atoms with Crippen molar-refractivity contribution in [1.29, 1.82) is 5.41 Å². The number of carboxylic acid groups (broad SMARTS) is 3. The molecule has 21 N–H and O–H groups in total. The third-order valence-corrected chi connectivity index (χ3v) is 26.1. The Balaban J connectivity index is 0.546. The number of fused-ring (bicyclic) bond motifs is 4. The molecule has 752 valence electrons. The summed E-state index contributed by atoms with van der Waals surface area (Å²) in [5.74, 6) is -11.2. The van der Waals surface area contributed by atoms with Gasteiger partial charge in [-0.1, -0.05) is 94.4 Å². The average Bonchev–Trinajstić information content (AvgIpc) is 1.61. The van der Waals surface area contributed by atoms with Gasteiger partial charge in [0.1, 0.15) is 49.5 Å². The number of carbonyl (C=O) groups is 13. The lowest BCUT2D eigenvalue weighted by atomic mass is 9.98. The van der Waals surface area contributed by atoms with Crippen molar-refractivity contribution in [2.24, 2.45) is 5.73 Å². The number of aromatic amines is 1. The fourth-order valence-corrected chi connectivity index (χ4v) is 18.6. The quantitative estimate of drug-likeness (QED) is 0.00640. The van der Waals surface area contributed by atoms with Crippen molar-refractivity contribution in [2.75, 3.05) is 121 Å². The Morgan fingerprint density at radius 2 is 1.14 bits per heavy atom. The van der Waals surface area contributed by atoms with Gasteiger partial charge < -0.3 is 128 Å². The number of carbonyl (C=O) groups excluding carboxylic acids is 10. The summed E-state index contributed by atoms with van der Waals surface area (Å²) in [6.45, 7) is 12.3. The van der Waals surface area contributed by atoms with E-state index >= 15 is 0 Å². The maximum absolute atomic E-state index is 14.6. The van der Waals surface area contributed by atoms with Gasteiger partial charge in [-0.3, -0.25) is 68.1 Å². The van der Waals surface area contributed by atoms with E-state index < -0.39 is 169 Å². The molecule has 0 bridgehead atoms. The van der Waals surface area contributed by atoms with Gasteiger partial charge in [0, 0.05) is 78.2 Å². The number of nitrogens with two attached hydrogens (primary N) is 4. The number of H-pyrrole nitrogens is 1. The molecule has 1 aliphatic carbocycles. The number of benzene rings is 5. The van der Waals surface area contributed by atoms with Crippen LogP contribution in [-0.4, -0.2) is 297 Å². The van der Waals surface area contributed by atoms with Crippen LogP contribution in [0.1, 0.15) is 132 Å². The number of ether oxygens (including phenoxy) is 8. The normalized spacial score (nSPS) is 17.1. The van der Waals surface area contributed by atoms with Crippen LogP contribution in [0, 0.1) is 5.41 Å². The van der Waals surface area contributed by atoms with Crippen molar-refractivity contribution in [3.05, 3.63) is 171 Å². The number of nitrogen functional groups attached to an aromatic ring is 3. The zero-order valence-corrected chi connectivity index (χ0v) is 79.3. The number of rotatable bonds is 47. The SMILES string of the molecule is C=C1C[C@@H](C2OCCN2C(=O)OCCSSC[C@H](NC(=O)[C@H](CC(=O)O)NC(=O)[C@H](C)NC(=O)[C@H](CCCNC(=N)N)NC(=O)[C@H](C)NC(=O)CC[C@H](NC(=O)c2ccc(NCc3cnc4nc(N)[nH]c(=O)c4n3)cc2)C(=O)O)C(=O)O)N(C(=O)c2cc(OC)c(OCCCCCOc3cc(N)c(C(=O)N4CC(=C)C[C@H]4C4OCCN4C(=O)OCC4c5ccccc5-c5ccccc54)cc3OC)cc2N)C1. The number of guanidine groups is 1. The highest BCUT2D eigenvalue weighted by molar-refractivity contribution is 8.76. The first kappa shape index (κ1) is 105. The summed E-state index contributed by atoms with van der Waals surface area (Å²) in [6, 6.07) is 17.2. The topological polar surface area (TPSA) is 665 Å². The molecular formula is C93H113N21O25S2.